The van der Waals surface area contributed by atoms with E-state index >= 15 is 0 Å². The lowest BCUT2D eigenvalue weighted by molar-refractivity contribution is 0.0526. The van der Waals surface area contributed by atoms with E-state index in [1.54, 1.807) is 6.92 Å². The Morgan fingerprint density at radius 1 is 1.45 bits per heavy atom. The van der Waals surface area contributed by atoms with Crippen LogP contribution in [0.2, 0.25) is 0 Å². The van der Waals surface area contributed by atoms with Crippen molar-refractivity contribution in [1.29, 1.82) is 0 Å². The second-order valence-electron chi connectivity index (χ2n) is 4.36. The molecule has 9 heteroatoms. The molecule has 1 aliphatic heterocycles. The van der Waals surface area contributed by atoms with Gasteiger partial charge in [-0.1, -0.05) is 11.6 Å². The smallest absolute Gasteiger partial charge is 0.341 e. The zero-order valence-corrected chi connectivity index (χ0v) is 12.7. The number of halogens is 1. The van der Waals surface area contributed by atoms with E-state index in [1.165, 1.54) is 24.2 Å². The minimum Gasteiger partial charge on any atom is -0.481 e. The number of fused-ring (bicyclic) bond motifs is 1. The summed E-state index contributed by atoms with van der Waals surface area (Å²) in [6.45, 7) is 2.40. The number of hydrogen-bond donors (Lipinski definition) is 0. The van der Waals surface area contributed by atoms with Crippen molar-refractivity contribution < 1.29 is 14.3 Å². The normalized spacial score (nSPS) is 12.8. The number of carbonyl (C=O) groups excluding carboxylic acids is 1. The SMILES string of the molecule is CCOC(=O)c1cnn(-c2nc(OC)c3c(n2)C(Cl)=NC3)c1. The van der Waals surface area contributed by atoms with Gasteiger partial charge in [0.1, 0.15) is 5.69 Å². The molecule has 22 heavy (non-hydrogen) atoms. The molecular formula is C13H12ClN5O3. The summed E-state index contributed by atoms with van der Waals surface area (Å²) in [5.41, 5.74) is 1.55. The lowest BCUT2D eigenvalue weighted by Crippen LogP contribution is -2.09. The van der Waals surface area contributed by atoms with Crippen LogP contribution in [0, 0.1) is 0 Å². The Balaban J connectivity index is 2.01. The van der Waals surface area contributed by atoms with Crippen LogP contribution in [0.3, 0.4) is 0 Å². The maximum Gasteiger partial charge on any atom is 0.341 e. The van der Waals surface area contributed by atoms with Crippen molar-refractivity contribution in [2.45, 2.75) is 13.5 Å². The third-order valence-electron chi connectivity index (χ3n) is 3.02. The van der Waals surface area contributed by atoms with Crippen LogP contribution in [0.25, 0.3) is 5.95 Å². The van der Waals surface area contributed by atoms with E-state index in [4.69, 9.17) is 21.1 Å². The fourth-order valence-corrected chi connectivity index (χ4v) is 2.23. The molecule has 2 aromatic rings. The highest BCUT2D eigenvalue weighted by atomic mass is 35.5. The standard InChI is InChI=1S/C13H12ClN5O3/c1-3-22-12(20)7-4-16-19(6-7)13-17-9-8(5-15-10(9)14)11(18-13)21-2/h4,6H,3,5H2,1-2H3. The van der Waals surface area contributed by atoms with Gasteiger partial charge in [-0.25, -0.2) is 14.5 Å². The van der Waals surface area contributed by atoms with Crippen LogP contribution in [0.1, 0.15) is 28.5 Å². The summed E-state index contributed by atoms with van der Waals surface area (Å²) in [4.78, 5) is 24.4. The van der Waals surface area contributed by atoms with E-state index in [2.05, 4.69) is 20.1 Å². The number of nitrogens with zero attached hydrogens (tertiary/aromatic N) is 5. The van der Waals surface area contributed by atoms with Gasteiger partial charge in [0.2, 0.25) is 5.88 Å². The van der Waals surface area contributed by atoms with Gasteiger partial charge < -0.3 is 9.47 Å². The van der Waals surface area contributed by atoms with E-state index in [-0.39, 0.29) is 5.95 Å². The topological polar surface area (TPSA) is 91.5 Å². The average Bonchev–Trinajstić information content (AvgIpc) is 3.14. The molecule has 0 fully saturated rings. The first-order valence-electron chi connectivity index (χ1n) is 6.51. The van der Waals surface area contributed by atoms with Crippen molar-refractivity contribution in [2.75, 3.05) is 13.7 Å². The number of ether oxygens (including phenoxy) is 2. The lowest BCUT2D eigenvalue weighted by Gasteiger charge is -2.07. The van der Waals surface area contributed by atoms with Crippen molar-refractivity contribution in [1.82, 2.24) is 19.7 Å². The minimum atomic E-state index is -0.457. The molecule has 0 radical (unpaired) electrons. The van der Waals surface area contributed by atoms with Gasteiger partial charge in [-0.2, -0.15) is 10.1 Å². The average molecular weight is 322 g/mol. The van der Waals surface area contributed by atoms with Crippen LogP contribution in [0.4, 0.5) is 0 Å². The summed E-state index contributed by atoms with van der Waals surface area (Å²) in [7, 11) is 1.51. The molecule has 0 atom stereocenters. The molecule has 0 saturated heterocycles. The van der Waals surface area contributed by atoms with Gasteiger partial charge in [-0.05, 0) is 6.92 Å². The van der Waals surface area contributed by atoms with Crippen LogP contribution < -0.4 is 4.74 Å². The molecular weight excluding hydrogens is 310 g/mol. The maximum absolute atomic E-state index is 11.7. The molecule has 0 aliphatic carbocycles. The first kappa shape index (κ1) is 14.5. The number of methoxy groups -OCH3 is 1. The highest BCUT2D eigenvalue weighted by Crippen LogP contribution is 2.27. The Kier molecular flexibility index (Phi) is 3.76. The summed E-state index contributed by atoms with van der Waals surface area (Å²) in [6, 6.07) is 0. The second-order valence-corrected chi connectivity index (χ2v) is 4.72. The Hall–Kier alpha value is -2.48. The van der Waals surface area contributed by atoms with E-state index in [0.717, 1.165) is 5.56 Å². The summed E-state index contributed by atoms with van der Waals surface area (Å²) >= 11 is 6.03. The van der Waals surface area contributed by atoms with Crippen LogP contribution in [-0.4, -0.2) is 44.6 Å². The first-order valence-corrected chi connectivity index (χ1v) is 6.89. The van der Waals surface area contributed by atoms with Crippen LogP contribution in [0.15, 0.2) is 17.4 Å². The Bertz CT molecular complexity index is 771. The van der Waals surface area contributed by atoms with E-state index < -0.39 is 5.97 Å². The lowest BCUT2D eigenvalue weighted by atomic mass is 10.2. The number of rotatable bonds is 4. The Labute approximate surface area is 130 Å². The summed E-state index contributed by atoms with van der Waals surface area (Å²) < 4.78 is 11.5. The van der Waals surface area contributed by atoms with Gasteiger partial charge in [0, 0.05) is 6.20 Å². The summed E-state index contributed by atoms with van der Waals surface area (Å²) in [6.07, 6.45) is 2.87. The molecule has 0 spiro atoms. The second kappa shape index (κ2) is 5.72. The number of aromatic nitrogens is 4. The number of carbonyl (C=O) groups is 1. The zero-order valence-electron chi connectivity index (χ0n) is 11.9. The fourth-order valence-electron chi connectivity index (χ4n) is 2.01. The van der Waals surface area contributed by atoms with Crippen molar-refractivity contribution >= 4 is 22.7 Å². The highest BCUT2D eigenvalue weighted by molar-refractivity contribution is 6.69. The Morgan fingerprint density at radius 3 is 3.00 bits per heavy atom. The van der Waals surface area contributed by atoms with E-state index in [0.29, 0.717) is 35.5 Å². The predicted molar refractivity (Wildman–Crippen MR) is 77.8 cm³/mol. The first-order chi connectivity index (χ1) is 10.6. The van der Waals surface area contributed by atoms with Gasteiger partial charge in [-0.3, -0.25) is 4.99 Å². The minimum absolute atomic E-state index is 0.237. The van der Waals surface area contributed by atoms with Crippen LogP contribution >= 0.6 is 11.6 Å². The number of esters is 1. The predicted octanol–water partition coefficient (Wildman–Crippen LogP) is 1.35. The molecule has 0 amide bonds. The molecule has 8 nitrogen and oxygen atoms in total. The third-order valence-corrected chi connectivity index (χ3v) is 3.32. The molecule has 0 aromatic carbocycles. The van der Waals surface area contributed by atoms with Crippen LogP contribution in [-0.2, 0) is 11.3 Å². The maximum atomic E-state index is 11.7. The summed E-state index contributed by atoms with van der Waals surface area (Å²) in [5.74, 6) is 0.162. The van der Waals surface area contributed by atoms with Gasteiger partial charge in [0.25, 0.3) is 5.95 Å². The monoisotopic (exact) mass is 321 g/mol. The molecule has 3 heterocycles. The molecule has 0 bridgehead atoms. The molecule has 0 N–H and O–H groups in total. The van der Waals surface area contributed by atoms with Gasteiger partial charge in [0.15, 0.2) is 5.17 Å². The van der Waals surface area contributed by atoms with E-state index in [1.807, 2.05) is 0 Å². The molecule has 114 valence electrons. The molecule has 1 aliphatic rings. The molecule has 0 unspecified atom stereocenters. The molecule has 3 rings (SSSR count). The van der Waals surface area contributed by atoms with Crippen molar-refractivity contribution in [3.8, 4) is 11.8 Å². The van der Waals surface area contributed by atoms with Crippen molar-refractivity contribution in [3.63, 3.8) is 0 Å². The zero-order chi connectivity index (χ0) is 15.7. The summed E-state index contributed by atoms with van der Waals surface area (Å²) in [5, 5.41) is 4.37. The largest absolute Gasteiger partial charge is 0.481 e. The van der Waals surface area contributed by atoms with Crippen LogP contribution in [0.5, 0.6) is 5.88 Å². The fraction of sp³-hybridized carbons (Fsp3) is 0.308. The Morgan fingerprint density at radius 2 is 2.27 bits per heavy atom. The molecule has 0 saturated carbocycles. The van der Waals surface area contributed by atoms with Gasteiger partial charge in [-0.15, -0.1) is 0 Å². The number of hydrogen-bond acceptors (Lipinski definition) is 7. The number of aliphatic imine (C=N–C) groups is 1. The van der Waals surface area contributed by atoms with E-state index in [9.17, 15) is 4.79 Å². The van der Waals surface area contributed by atoms with Gasteiger partial charge in [0.05, 0.1) is 37.6 Å². The highest BCUT2D eigenvalue weighted by Gasteiger charge is 2.24. The van der Waals surface area contributed by atoms with Crippen molar-refractivity contribution in [2.24, 2.45) is 4.99 Å². The van der Waals surface area contributed by atoms with Gasteiger partial charge >= 0.3 is 5.97 Å². The van der Waals surface area contributed by atoms with Crippen molar-refractivity contribution in [3.05, 3.63) is 29.2 Å². The molecule has 2 aromatic heterocycles. The quantitative estimate of drug-likeness (QED) is 0.789. The third kappa shape index (κ3) is 2.41.